The minimum Gasteiger partial charge on any atom is -0.364 e. The number of rotatable bonds is 6. The predicted octanol–water partition coefficient (Wildman–Crippen LogP) is 2.38. The van der Waals surface area contributed by atoms with Crippen molar-refractivity contribution in [2.45, 2.75) is 25.7 Å². The molecule has 0 unspecified atom stereocenters. The van der Waals surface area contributed by atoms with Crippen molar-refractivity contribution in [3.63, 3.8) is 0 Å². The Morgan fingerprint density at radius 1 is 1.36 bits per heavy atom. The van der Waals surface area contributed by atoms with Gasteiger partial charge in [-0.15, -0.1) is 23.7 Å². The zero-order valence-electron chi connectivity index (χ0n) is 13.7. The van der Waals surface area contributed by atoms with Crippen LogP contribution in [-0.4, -0.2) is 34.9 Å². The van der Waals surface area contributed by atoms with Gasteiger partial charge in [0.05, 0.1) is 5.69 Å². The molecule has 2 amide bonds. The number of aromatic amines is 1. The van der Waals surface area contributed by atoms with E-state index in [4.69, 9.17) is 5.73 Å². The second kappa shape index (κ2) is 8.98. The zero-order valence-corrected chi connectivity index (χ0v) is 15.3. The van der Waals surface area contributed by atoms with Gasteiger partial charge in [-0.25, -0.2) is 4.98 Å². The second-order valence-corrected chi connectivity index (χ2v) is 6.84. The van der Waals surface area contributed by atoms with Crippen LogP contribution in [0.1, 0.15) is 36.2 Å². The number of aromatic nitrogens is 2. The maximum absolute atomic E-state index is 12.1. The minimum atomic E-state index is -0.511. The number of carbonyl (C=O) groups is 2. The topological polar surface area (TPSA) is 113 Å². The molecule has 0 radical (unpaired) electrons. The van der Waals surface area contributed by atoms with Crippen LogP contribution in [0.15, 0.2) is 17.6 Å². The summed E-state index contributed by atoms with van der Waals surface area (Å²) in [4.78, 5) is 30.4. The van der Waals surface area contributed by atoms with Crippen molar-refractivity contribution >= 4 is 40.7 Å². The molecule has 1 saturated heterocycles. The van der Waals surface area contributed by atoms with Crippen molar-refractivity contribution in [2.24, 2.45) is 11.7 Å². The number of halogens is 1. The van der Waals surface area contributed by atoms with E-state index in [0.717, 1.165) is 37.9 Å². The summed E-state index contributed by atoms with van der Waals surface area (Å²) >= 11 is 1.37. The molecular formula is C16H22ClN5O2S. The molecule has 5 N–H and O–H groups in total. The van der Waals surface area contributed by atoms with E-state index in [-0.39, 0.29) is 18.3 Å². The van der Waals surface area contributed by atoms with Gasteiger partial charge in [0.25, 0.3) is 5.91 Å². The Kier molecular flexibility index (Phi) is 6.98. The number of piperidine rings is 1. The highest BCUT2D eigenvalue weighted by Crippen LogP contribution is 2.26. The summed E-state index contributed by atoms with van der Waals surface area (Å²) in [5.74, 6) is 0.125. The number of hydrogen-bond acceptors (Lipinski definition) is 5. The first-order valence-electron chi connectivity index (χ1n) is 8.06. The van der Waals surface area contributed by atoms with Crippen LogP contribution in [0.2, 0.25) is 0 Å². The average molecular weight is 384 g/mol. The molecule has 7 nitrogen and oxygen atoms in total. The number of anilines is 1. The standard InChI is InChI=1S/C16H21N5O2S.ClH/c17-15(23)12-7-11(8-19-12)13-9-24-16(20-13)21-14(22)2-1-10-3-5-18-6-4-10;/h7-10,18-19H,1-6H2,(H2,17,23)(H,20,21,22);1H. The van der Waals surface area contributed by atoms with Gasteiger partial charge in [-0.3, -0.25) is 9.59 Å². The van der Waals surface area contributed by atoms with Crippen molar-refractivity contribution in [3.8, 4) is 11.3 Å². The normalized spacial score (nSPS) is 14.7. The Bertz CT molecular complexity index is 724. The Hall–Kier alpha value is -1.90. The fourth-order valence-corrected chi connectivity index (χ4v) is 3.57. The molecule has 9 heteroatoms. The molecule has 1 aliphatic heterocycles. The van der Waals surface area contributed by atoms with Crippen LogP contribution < -0.4 is 16.4 Å². The number of amides is 2. The largest absolute Gasteiger partial charge is 0.364 e. The highest BCUT2D eigenvalue weighted by atomic mass is 35.5. The third kappa shape index (κ3) is 5.29. The van der Waals surface area contributed by atoms with Crippen molar-refractivity contribution in [1.82, 2.24) is 15.3 Å². The van der Waals surface area contributed by atoms with E-state index < -0.39 is 5.91 Å². The van der Waals surface area contributed by atoms with Crippen LogP contribution in [0.5, 0.6) is 0 Å². The number of nitrogens with zero attached hydrogens (tertiary/aromatic N) is 1. The average Bonchev–Trinajstić information content (AvgIpc) is 3.23. The molecular weight excluding hydrogens is 362 g/mol. The molecule has 25 heavy (non-hydrogen) atoms. The van der Waals surface area contributed by atoms with Gasteiger partial charge in [0.1, 0.15) is 5.69 Å². The molecule has 0 bridgehead atoms. The van der Waals surface area contributed by atoms with Gasteiger partial charge in [-0.2, -0.15) is 0 Å². The number of nitrogens with one attached hydrogen (secondary N) is 3. The lowest BCUT2D eigenvalue weighted by Crippen LogP contribution is -2.28. The third-order valence-corrected chi connectivity index (χ3v) is 4.99. The molecule has 0 saturated carbocycles. The Balaban J connectivity index is 0.00000225. The summed E-state index contributed by atoms with van der Waals surface area (Å²) in [6, 6.07) is 1.65. The number of carbonyl (C=O) groups excluding carboxylic acids is 2. The first kappa shape index (κ1) is 19.4. The van der Waals surface area contributed by atoms with E-state index in [1.807, 2.05) is 5.38 Å². The van der Waals surface area contributed by atoms with Crippen molar-refractivity contribution in [2.75, 3.05) is 18.4 Å². The fraction of sp³-hybridized carbons (Fsp3) is 0.438. The quantitative estimate of drug-likeness (QED) is 0.613. The summed E-state index contributed by atoms with van der Waals surface area (Å²) in [6.45, 7) is 2.10. The first-order valence-corrected chi connectivity index (χ1v) is 8.94. The summed E-state index contributed by atoms with van der Waals surface area (Å²) in [6.07, 6.45) is 5.41. The molecule has 136 valence electrons. The Morgan fingerprint density at radius 3 is 2.80 bits per heavy atom. The highest BCUT2D eigenvalue weighted by molar-refractivity contribution is 7.14. The van der Waals surface area contributed by atoms with Gasteiger partial charge in [-0.1, -0.05) is 0 Å². The van der Waals surface area contributed by atoms with E-state index >= 15 is 0 Å². The predicted molar refractivity (Wildman–Crippen MR) is 101 cm³/mol. The molecule has 0 spiro atoms. The molecule has 3 heterocycles. The number of nitrogens with two attached hydrogens (primary N) is 1. The third-order valence-electron chi connectivity index (χ3n) is 4.23. The van der Waals surface area contributed by atoms with E-state index in [9.17, 15) is 9.59 Å². The summed E-state index contributed by atoms with van der Waals surface area (Å²) in [5.41, 5.74) is 7.04. The number of hydrogen-bond donors (Lipinski definition) is 4. The van der Waals surface area contributed by atoms with E-state index in [2.05, 4.69) is 20.6 Å². The molecule has 0 aliphatic carbocycles. The number of thiazole rings is 1. The van der Waals surface area contributed by atoms with E-state index in [0.29, 0.717) is 28.9 Å². The monoisotopic (exact) mass is 383 g/mol. The molecule has 0 aromatic carbocycles. The Labute approximate surface area is 156 Å². The fourth-order valence-electron chi connectivity index (χ4n) is 2.84. The lowest BCUT2D eigenvalue weighted by molar-refractivity contribution is -0.116. The van der Waals surface area contributed by atoms with Crippen molar-refractivity contribution in [3.05, 3.63) is 23.3 Å². The number of H-pyrrole nitrogens is 1. The molecule has 1 aliphatic rings. The van der Waals surface area contributed by atoms with Gasteiger partial charge < -0.3 is 21.4 Å². The highest BCUT2D eigenvalue weighted by Gasteiger charge is 2.15. The van der Waals surface area contributed by atoms with Crippen molar-refractivity contribution < 1.29 is 9.59 Å². The summed E-state index contributed by atoms with van der Waals surface area (Å²) in [7, 11) is 0. The molecule has 1 fully saturated rings. The SMILES string of the molecule is Cl.NC(=O)c1cc(-c2csc(NC(=O)CCC3CCNCC3)n2)c[nH]1. The van der Waals surface area contributed by atoms with Crippen molar-refractivity contribution in [1.29, 1.82) is 0 Å². The van der Waals surface area contributed by atoms with E-state index in [1.165, 1.54) is 11.3 Å². The summed E-state index contributed by atoms with van der Waals surface area (Å²) in [5, 5.41) is 8.60. The maximum atomic E-state index is 12.1. The minimum absolute atomic E-state index is 0. The van der Waals surface area contributed by atoms with Crippen LogP contribution >= 0.6 is 23.7 Å². The lowest BCUT2D eigenvalue weighted by Gasteiger charge is -2.21. The molecule has 3 rings (SSSR count). The van der Waals surface area contributed by atoms with Crippen LogP contribution in [0.4, 0.5) is 5.13 Å². The van der Waals surface area contributed by atoms with Crippen LogP contribution in [0, 0.1) is 5.92 Å². The van der Waals surface area contributed by atoms with Gasteiger partial charge in [0, 0.05) is 23.6 Å². The zero-order chi connectivity index (χ0) is 16.9. The van der Waals surface area contributed by atoms with Gasteiger partial charge >= 0.3 is 0 Å². The molecule has 2 aromatic rings. The Morgan fingerprint density at radius 2 is 2.12 bits per heavy atom. The smallest absolute Gasteiger partial charge is 0.265 e. The van der Waals surface area contributed by atoms with Crippen LogP contribution in [-0.2, 0) is 4.79 Å². The summed E-state index contributed by atoms with van der Waals surface area (Å²) < 4.78 is 0. The molecule has 0 atom stereocenters. The lowest BCUT2D eigenvalue weighted by atomic mass is 9.93. The van der Waals surface area contributed by atoms with Gasteiger partial charge in [-0.05, 0) is 44.3 Å². The van der Waals surface area contributed by atoms with Crippen LogP contribution in [0.25, 0.3) is 11.3 Å². The first-order chi connectivity index (χ1) is 11.6. The number of primary amides is 1. The van der Waals surface area contributed by atoms with Crippen LogP contribution in [0.3, 0.4) is 0 Å². The second-order valence-electron chi connectivity index (χ2n) is 5.98. The molecule has 2 aromatic heterocycles. The maximum Gasteiger partial charge on any atom is 0.265 e. The van der Waals surface area contributed by atoms with E-state index in [1.54, 1.807) is 12.3 Å². The van der Waals surface area contributed by atoms with Gasteiger partial charge in [0.15, 0.2) is 5.13 Å². The van der Waals surface area contributed by atoms with Gasteiger partial charge in [0.2, 0.25) is 5.91 Å².